The topological polar surface area (TPSA) is 68.9 Å². The number of hydrogen-bond donors (Lipinski definition) is 0. The molecule has 0 unspecified atom stereocenters. The second-order valence-corrected chi connectivity index (χ2v) is 6.34. The van der Waals surface area contributed by atoms with Crippen molar-refractivity contribution >= 4 is 17.5 Å². The molecule has 134 valence electrons. The number of alkyl halides is 3. The molecule has 26 heavy (non-hydrogen) atoms. The molecular weight excluding hydrogens is 367 g/mol. The normalized spacial score (nSPS) is 11.5. The molecule has 3 rings (SSSR count). The first-order chi connectivity index (χ1) is 12.4. The van der Waals surface area contributed by atoms with Crippen molar-refractivity contribution < 1.29 is 22.5 Å². The fourth-order valence-corrected chi connectivity index (χ4v) is 2.84. The number of aromatic nitrogens is 3. The molecule has 3 aromatic rings. The van der Waals surface area contributed by atoms with Crippen LogP contribution in [0.4, 0.5) is 13.2 Å². The van der Waals surface area contributed by atoms with Gasteiger partial charge in [0, 0.05) is 17.5 Å². The lowest BCUT2D eigenvalue weighted by Gasteiger charge is -2.02. The molecule has 0 fully saturated rings. The van der Waals surface area contributed by atoms with Crippen molar-refractivity contribution in [2.45, 2.75) is 17.5 Å². The summed E-state index contributed by atoms with van der Waals surface area (Å²) in [4.78, 5) is 20.3. The van der Waals surface area contributed by atoms with Gasteiger partial charge < -0.3 is 4.52 Å². The van der Waals surface area contributed by atoms with E-state index in [1.165, 1.54) is 24.0 Å². The SMILES string of the molecule is O=C(CSc1ccccc1)Cc1ccc(-c2noc(C(F)(F)F)n2)nc1. The first kappa shape index (κ1) is 18.1. The molecule has 5 nitrogen and oxygen atoms in total. The minimum absolute atomic E-state index is 0.0207. The predicted molar refractivity (Wildman–Crippen MR) is 88.4 cm³/mol. The Kier molecular flexibility index (Phi) is 5.36. The van der Waals surface area contributed by atoms with Crippen molar-refractivity contribution in [1.82, 2.24) is 15.1 Å². The van der Waals surface area contributed by atoms with Crippen molar-refractivity contribution in [2.75, 3.05) is 5.75 Å². The Hall–Kier alpha value is -2.68. The Balaban J connectivity index is 1.59. The lowest BCUT2D eigenvalue weighted by atomic mass is 10.1. The summed E-state index contributed by atoms with van der Waals surface area (Å²) < 4.78 is 41.6. The number of pyridine rings is 1. The molecule has 0 amide bonds. The van der Waals surface area contributed by atoms with Crippen LogP contribution in [-0.2, 0) is 17.4 Å². The summed E-state index contributed by atoms with van der Waals surface area (Å²) in [5, 5.41) is 3.27. The van der Waals surface area contributed by atoms with E-state index in [1.807, 2.05) is 30.3 Å². The van der Waals surface area contributed by atoms with Crippen molar-refractivity contribution in [2.24, 2.45) is 0 Å². The van der Waals surface area contributed by atoms with Gasteiger partial charge in [-0.3, -0.25) is 9.78 Å². The third kappa shape index (κ3) is 4.69. The average Bonchev–Trinajstić information content (AvgIpc) is 3.12. The van der Waals surface area contributed by atoms with Crippen LogP contribution < -0.4 is 0 Å². The highest BCUT2D eigenvalue weighted by Gasteiger charge is 2.38. The van der Waals surface area contributed by atoms with Crippen molar-refractivity contribution in [3.05, 3.63) is 60.1 Å². The quantitative estimate of drug-likeness (QED) is 0.602. The van der Waals surface area contributed by atoms with Crippen LogP contribution in [0.3, 0.4) is 0 Å². The standard InChI is InChI=1S/C17H12F3N3O2S/c18-17(19,20)16-22-15(23-25-16)14-7-6-11(9-21-14)8-12(24)10-26-13-4-2-1-3-5-13/h1-7,9H,8,10H2. The Bertz CT molecular complexity index is 880. The van der Waals surface area contributed by atoms with Gasteiger partial charge in [-0.2, -0.15) is 18.2 Å². The maximum atomic E-state index is 12.5. The Labute approximate surface area is 150 Å². The molecule has 0 atom stereocenters. The largest absolute Gasteiger partial charge is 0.471 e. The van der Waals surface area contributed by atoms with Gasteiger partial charge in [0.2, 0.25) is 5.82 Å². The lowest BCUT2D eigenvalue weighted by molar-refractivity contribution is -0.159. The number of carbonyl (C=O) groups is 1. The van der Waals surface area contributed by atoms with E-state index in [1.54, 1.807) is 6.07 Å². The monoisotopic (exact) mass is 379 g/mol. The van der Waals surface area contributed by atoms with Crippen LogP contribution in [0.5, 0.6) is 0 Å². The van der Waals surface area contributed by atoms with E-state index in [0.717, 1.165) is 4.90 Å². The van der Waals surface area contributed by atoms with Crippen molar-refractivity contribution in [3.63, 3.8) is 0 Å². The van der Waals surface area contributed by atoms with Crippen LogP contribution >= 0.6 is 11.8 Å². The smallest absolute Gasteiger partial charge is 0.329 e. The van der Waals surface area contributed by atoms with E-state index in [-0.39, 0.29) is 23.7 Å². The summed E-state index contributed by atoms with van der Waals surface area (Å²) in [7, 11) is 0. The Morgan fingerprint density at radius 1 is 1.12 bits per heavy atom. The van der Waals surface area contributed by atoms with E-state index in [9.17, 15) is 18.0 Å². The molecule has 0 radical (unpaired) electrons. The predicted octanol–water partition coefficient (Wildman–Crippen LogP) is 4.05. The summed E-state index contributed by atoms with van der Waals surface area (Å²) in [6, 6.07) is 12.6. The first-order valence-corrected chi connectivity index (χ1v) is 8.46. The van der Waals surface area contributed by atoms with E-state index in [2.05, 4.69) is 19.6 Å². The van der Waals surface area contributed by atoms with Gasteiger partial charge in [-0.15, -0.1) is 11.8 Å². The summed E-state index contributed by atoms with van der Waals surface area (Å²) >= 11 is 1.44. The average molecular weight is 379 g/mol. The zero-order valence-electron chi connectivity index (χ0n) is 13.2. The van der Waals surface area contributed by atoms with Gasteiger partial charge in [0.15, 0.2) is 0 Å². The van der Waals surface area contributed by atoms with Crippen LogP contribution in [0.25, 0.3) is 11.5 Å². The Morgan fingerprint density at radius 3 is 2.50 bits per heavy atom. The van der Waals surface area contributed by atoms with Gasteiger partial charge in [0.1, 0.15) is 11.5 Å². The van der Waals surface area contributed by atoms with Crippen LogP contribution in [0, 0.1) is 0 Å². The first-order valence-electron chi connectivity index (χ1n) is 7.47. The van der Waals surface area contributed by atoms with E-state index < -0.39 is 12.1 Å². The number of thioether (sulfide) groups is 1. The maximum absolute atomic E-state index is 12.5. The minimum atomic E-state index is -4.70. The molecular formula is C17H12F3N3O2S. The molecule has 0 aliphatic heterocycles. The van der Waals surface area contributed by atoms with Crippen molar-refractivity contribution in [1.29, 1.82) is 0 Å². The molecule has 0 saturated carbocycles. The van der Waals surface area contributed by atoms with E-state index in [0.29, 0.717) is 11.3 Å². The Morgan fingerprint density at radius 2 is 1.88 bits per heavy atom. The molecule has 0 aliphatic rings. The molecule has 0 N–H and O–H groups in total. The number of benzene rings is 1. The molecule has 9 heteroatoms. The molecule has 0 aliphatic carbocycles. The van der Waals surface area contributed by atoms with Gasteiger partial charge in [0.05, 0.1) is 5.75 Å². The summed E-state index contributed by atoms with van der Waals surface area (Å²) in [5.41, 5.74) is 0.797. The zero-order valence-corrected chi connectivity index (χ0v) is 14.0. The van der Waals surface area contributed by atoms with Gasteiger partial charge in [0.25, 0.3) is 0 Å². The van der Waals surface area contributed by atoms with Crippen LogP contribution in [0.2, 0.25) is 0 Å². The molecule has 0 spiro atoms. The molecule has 2 heterocycles. The highest BCUT2D eigenvalue weighted by Crippen LogP contribution is 2.29. The minimum Gasteiger partial charge on any atom is -0.329 e. The van der Waals surface area contributed by atoms with Gasteiger partial charge >= 0.3 is 12.1 Å². The number of halogens is 3. The number of nitrogens with zero attached hydrogens (tertiary/aromatic N) is 3. The number of hydrogen-bond acceptors (Lipinski definition) is 6. The fraction of sp³-hybridized carbons (Fsp3) is 0.176. The van der Waals surface area contributed by atoms with Crippen molar-refractivity contribution in [3.8, 4) is 11.5 Å². The highest BCUT2D eigenvalue weighted by atomic mass is 32.2. The second kappa shape index (κ2) is 7.69. The van der Waals surface area contributed by atoms with Gasteiger partial charge in [-0.1, -0.05) is 29.4 Å². The summed E-state index contributed by atoms with van der Waals surface area (Å²) in [5.74, 6) is -1.33. The number of Topliss-reactive ketones (excluding diaryl/α,β-unsaturated/α-hetero) is 1. The number of ketones is 1. The van der Waals surface area contributed by atoms with E-state index >= 15 is 0 Å². The number of rotatable bonds is 6. The molecule has 0 saturated heterocycles. The second-order valence-electron chi connectivity index (χ2n) is 5.29. The lowest BCUT2D eigenvalue weighted by Crippen LogP contribution is -2.06. The summed E-state index contributed by atoms with van der Waals surface area (Å²) in [6.07, 6.45) is -3.09. The molecule has 0 bridgehead atoms. The number of carbonyl (C=O) groups excluding carboxylic acids is 1. The third-order valence-corrected chi connectivity index (χ3v) is 4.34. The van der Waals surface area contributed by atoms with Gasteiger partial charge in [-0.25, -0.2) is 0 Å². The maximum Gasteiger partial charge on any atom is 0.471 e. The van der Waals surface area contributed by atoms with Gasteiger partial charge in [-0.05, 0) is 23.8 Å². The molecule has 2 aromatic heterocycles. The fourth-order valence-electron chi connectivity index (χ4n) is 2.06. The summed E-state index contributed by atoms with van der Waals surface area (Å²) in [6.45, 7) is 0. The zero-order chi connectivity index (χ0) is 18.6. The van der Waals surface area contributed by atoms with Crippen LogP contribution in [0.1, 0.15) is 11.5 Å². The van der Waals surface area contributed by atoms with E-state index in [4.69, 9.17) is 0 Å². The molecule has 1 aromatic carbocycles. The highest BCUT2D eigenvalue weighted by molar-refractivity contribution is 8.00. The third-order valence-electron chi connectivity index (χ3n) is 3.27. The van der Waals surface area contributed by atoms with Crippen LogP contribution in [0.15, 0.2) is 58.1 Å². The van der Waals surface area contributed by atoms with Crippen LogP contribution in [-0.4, -0.2) is 26.7 Å².